The molecule has 1 heterocycles. The van der Waals surface area contributed by atoms with Crippen LogP contribution in [0.15, 0.2) is 30.6 Å². The largest absolute Gasteiger partial charge is 0.207 e. The third-order valence-electron chi connectivity index (χ3n) is 3.93. The second-order valence-electron chi connectivity index (χ2n) is 5.23. The first kappa shape index (κ1) is 10.8. The van der Waals surface area contributed by atoms with Crippen molar-refractivity contribution in [2.45, 2.75) is 38.5 Å². The summed E-state index contributed by atoms with van der Waals surface area (Å²) >= 11 is 0. The highest BCUT2D eigenvalue weighted by molar-refractivity contribution is 5.85. The molecule has 0 amide bonds. The maximum absolute atomic E-state index is 2.35. The fourth-order valence-corrected chi connectivity index (χ4v) is 2.99. The Morgan fingerprint density at radius 1 is 0.941 bits per heavy atom. The van der Waals surface area contributed by atoms with Crippen LogP contribution < -0.4 is 4.57 Å². The van der Waals surface area contributed by atoms with Crippen LogP contribution in [0.4, 0.5) is 0 Å². The second-order valence-corrected chi connectivity index (χ2v) is 5.23. The van der Waals surface area contributed by atoms with Crippen molar-refractivity contribution < 1.29 is 4.57 Å². The minimum absolute atomic E-state index is 1.26. The molecule has 0 N–H and O–H groups in total. The van der Waals surface area contributed by atoms with E-state index in [1.165, 1.54) is 49.3 Å². The van der Waals surface area contributed by atoms with Crippen molar-refractivity contribution in [2.75, 3.05) is 0 Å². The van der Waals surface area contributed by atoms with Crippen LogP contribution in [0.25, 0.3) is 10.8 Å². The molecule has 0 saturated heterocycles. The van der Waals surface area contributed by atoms with Gasteiger partial charge in [-0.2, -0.15) is 0 Å². The van der Waals surface area contributed by atoms with Crippen LogP contribution >= 0.6 is 0 Å². The van der Waals surface area contributed by atoms with Crippen LogP contribution in [0.5, 0.6) is 0 Å². The van der Waals surface area contributed by atoms with E-state index in [1.807, 2.05) is 0 Å². The molecule has 1 aromatic carbocycles. The van der Waals surface area contributed by atoms with Gasteiger partial charge in [0, 0.05) is 11.5 Å². The minimum Gasteiger partial charge on any atom is -0.207 e. The summed E-state index contributed by atoms with van der Waals surface area (Å²) in [5.74, 6) is 0. The van der Waals surface area contributed by atoms with Crippen LogP contribution in [-0.2, 0) is 19.9 Å². The van der Waals surface area contributed by atoms with Crippen molar-refractivity contribution in [3.05, 3.63) is 41.7 Å². The van der Waals surface area contributed by atoms with Gasteiger partial charge in [0.1, 0.15) is 7.05 Å². The molecule has 0 unspecified atom stereocenters. The number of benzene rings is 1. The molecule has 0 aliphatic heterocycles. The maximum Gasteiger partial charge on any atom is 0.176 e. The average Bonchev–Trinajstić information content (AvgIpc) is 2.29. The monoisotopic (exact) mass is 226 g/mol. The normalized spacial score (nSPS) is 16.3. The van der Waals surface area contributed by atoms with E-state index in [4.69, 9.17) is 0 Å². The van der Waals surface area contributed by atoms with E-state index >= 15 is 0 Å². The summed E-state index contributed by atoms with van der Waals surface area (Å²) < 4.78 is 2.14. The van der Waals surface area contributed by atoms with Gasteiger partial charge in [-0.15, -0.1) is 0 Å². The molecular formula is C16H20N+. The smallest absolute Gasteiger partial charge is 0.176 e. The molecule has 1 aliphatic rings. The SMILES string of the molecule is C[n+]1ccc2c3c(ccc2c1)CCCCCC3. The zero-order valence-electron chi connectivity index (χ0n) is 10.6. The minimum atomic E-state index is 1.26. The third kappa shape index (κ3) is 2.06. The van der Waals surface area contributed by atoms with E-state index in [2.05, 4.69) is 42.2 Å². The molecule has 1 heteroatoms. The Morgan fingerprint density at radius 2 is 1.76 bits per heavy atom. The Hall–Kier alpha value is -1.37. The summed E-state index contributed by atoms with van der Waals surface area (Å²) in [5.41, 5.74) is 3.20. The number of hydrogen-bond acceptors (Lipinski definition) is 0. The highest BCUT2D eigenvalue weighted by Crippen LogP contribution is 2.26. The third-order valence-corrected chi connectivity index (χ3v) is 3.93. The van der Waals surface area contributed by atoms with Crippen molar-refractivity contribution in [3.63, 3.8) is 0 Å². The molecule has 0 spiro atoms. The van der Waals surface area contributed by atoms with Crippen LogP contribution in [0, 0.1) is 0 Å². The molecule has 3 rings (SSSR count). The maximum atomic E-state index is 2.35. The summed E-state index contributed by atoms with van der Waals surface area (Å²) in [6.45, 7) is 0. The van der Waals surface area contributed by atoms with Gasteiger partial charge in [-0.3, -0.25) is 0 Å². The van der Waals surface area contributed by atoms with Crippen molar-refractivity contribution in [2.24, 2.45) is 7.05 Å². The molecule has 17 heavy (non-hydrogen) atoms. The molecule has 2 aromatic rings. The van der Waals surface area contributed by atoms with Gasteiger partial charge in [0.25, 0.3) is 0 Å². The van der Waals surface area contributed by atoms with Crippen molar-refractivity contribution in [1.29, 1.82) is 0 Å². The van der Waals surface area contributed by atoms with E-state index in [1.54, 1.807) is 11.1 Å². The Morgan fingerprint density at radius 3 is 2.65 bits per heavy atom. The number of pyridine rings is 1. The second kappa shape index (κ2) is 4.48. The zero-order valence-corrected chi connectivity index (χ0v) is 10.6. The molecule has 0 fully saturated rings. The van der Waals surface area contributed by atoms with Gasteiger partial charge in [-0.05, 0) is 48.3 Å². The van der Waals surface area contributed by atoms with E-state index in [0.29, 0.717) is 0 Å². The lowest BCUT2D eigenvalue weighted by Gasteiger charge is -2.15. The van der Waals surface area contributed by atoms with Crippen LogP contribution in [0.3, 0.4) is 0 Å². The van der Waals surface area contributed by atoms with E-state index < -0.39 is 0 Å². The fourth-order valence-electron chi connectivity index (χ4n) is 2.99. The summed E-state index contributed by atoms with van der Waals surface area (Å²) in [7, 11) is 2.09. The van der Waals surface area contributed by atoms with Gasteiger partial charge in [0.05, 0.1) is 0 Å². The van der Waals surface area contributed by atoms with Crippen molar-refractivity contribution in [3.8, 4) is 0 Å². The summed E-state index contributed by atoms with van der Waals surface area (Å²) in [6, 6.07) is 6.93. The molecular weight excluding hydrogens is 206 g/mol. The van der Waals surface area contributed by atoms with Gasteiger partial charge in [-0.1, -0.05) is 18.9 Å². The van der Waals surface area contributed by atoms with Crippen molar-refractivity contribution in [1.82, 2.24) is 0 Å². The molecule has 0 radical (unpaired) electrons. The average molecular weight is 226 g/mol. The molecule has 0 bridgehead atoms. The van der Waals surface area contributed by atoms with E-state index in [0.717, 1.165) is 0 Å². The molecule has 1 aromatic heterocycles. The summed E-state index contributed by atoms with van der Waals surface area (Å²) in [6.07, 6.45) is 12.5. The molecule has 0 saturated carbocycles. The van der Waals surface area contributed by atoms with E-state index in [9.17, 15) is 0 Å². The number of hydrogen-bond donors (Lipinski definition) is 0. The van der Waals surface area contributed by atoms with Gasteiger partial charge in [0.15, 0.2) is 12.4 Å². The van der Waals surface area contributed by atoms with Crippen LogP contribution in [-0.4, -0.2) is 0 Å². The molecule has 1 aliphatic carbocycles. The zero-order chi connectivity index (χ0) is 11.7. The summed E-state index contributed by atoms with van der Waals surface area (Å²) in [4.78, 5) is 0. The van der Waals surface area contributed by atoms with Gasteiger partial charge >= 0.3 is 0 Å². The number of fused-ring (bicyclic) bond motifs is 3. The number of aromatic nitrogens is 1. The lowest BCUT2D eigenvalue weighted by molar-refractivity contribution is -0.670. The highest BCUT2D eigenvalue weighted by atomic mass is 14.9. The first-order valence-electron chi connectivity index (χ1n) is 6.74. The standard InChI is InChI=1S/C16H20N/c1-17-11-10-16-14(12-17)9-8-13-6-4-2-3-5-7-15(13)16/h8-12H,2-7H2,1H3/q+1. The molecule has 0 atom stereocenters. The lowest BCUT2D eigenvalue weighted by atomic mass is 9.90. The molecule has 1 nitrogen and oxygen atoms in total. The predicted octanol–water partition coefficient (Wildman–Crippen LogP) is 3.32. The van der Waals surface area contributed by atoms with Gasteiger partial charge in [0.2, 0.25) is 0 Å². The Kier molecular flexibility index (Phi) is 2.84. The van der Waals surface area contributed by atoms with Crippen LogP contribution in [0.2, 0.25) is 0 Å². The number of aryl methyl sites for hydroxylation is 3. The first-order valence-corrected chi connectivity index (χ1v) is 6.74. The first-order chi connectivity index (χ1) is 8.34. The van der Waals surface area contributed by atoms with Crippen molar-refractivity contribution >= 4 is 10.8 Å². The Balaban J connectivity index is 2.18. The topological polar surface area (TPSA) is 3.88 Å². The van der Waals surface area contributed by atoms with Crippen LogP contribution in [0.1, 0.15) is 36.8 Å². The fraction of sp³-hybridized carbons (Fsp3) is 0.438. The lowest BCUT2D eigenvalue weighted by Crippen LogP contribution is -2.26. The van der Waals surface area contributed by atoms with Gasteiger partial charge in [-0.25, -0.2) is 4.57 Å². The number of nitrogens with zero attached hydrogens (tertiary/aromatic N) is 1. The Labute approximate surface area is 103 Å². The van der Waals surface area contributed by atoms with Gasteiger partial charge < -0.3 is 0 Å². The van der Waals surface area contributed by atoms with E-state index in [-0.39, 0.29) is 0 Å². The Bertz CT molecular complexity index is 542. The predicted molar refractivity (Wildman–Crippen MR) is 71.0 cm³/mol. The molecule has 88 valence electrons. The summed E-state index contributed by atoms with van der Waals surface area (Å²) in [5, 5.41) is 2.86. The number of rotatable bonds is 0. The quantitative estimate of drug-likeness (QED) is 0.607. The highest BCUT2D eigenvalue weighted by Gasteiger charge is 2.11.